The van der Waals surface area contributed by atoms with Gasteiger partial charge in [0, 0.05) is 11.0 Å². The summed E-state index contributed by atoms with van der Waals surface area (Å²) in [6.07, 6.45) is 7.98. The van der Waals surface area contributed by atoms with E-state index in [1.54, 1.807) is 0 Å². The Morgan fingerprint density at radius 2 is 1.55 bits per heavy atom. The number of hydrogen-bond donors (Lipinski definition) is 1. The molecule has 5 heteroatoms. The zero-order valence-corrected chi connectivity index (χ0v) is 19.9. The molecule has 2 unspecified atom stereocenters. The van der Waals surface area contributed by atoms with Crippen LogP contribution in [0.25, 0.3) is 0 Å². The lowest BCUT2D eigenvalue weighted by Gasteiger charge is -2.43. The second-order valence-corrected chi connectivity index (χ2v) is 8.84. The van der Waals surface area contributed by atoms with E-state index in [2.05, 4.69) is 6.92 Å². The van der Waals surface area contributed by atoms with Gasteiger partial charge in [-0.1, -0.05) is 67.7 Å². The average molecular weight is 422 g/mol. The van der Waals surface area contributed by atoms with Crippen molar-refractivity contribution in [3.63, 3.8) is 0 Å². The maximum Gasteiger partial charge on any atom is 0.310 e. The van der Waals surface area contributed by atoms with Gasteiger partial charge < -0.3 is 5.11 Å². The van der Waals surface area contributed by atoms with Gasteiger partial charge in [-0.05, 0) is 58.1 Å². The fourth-order valence-corrected chi connectivity index (χ4v) is 5.24. The molecule has 1 N–H and O–H groups in total. The summed E-state index contributed by atoms with van der Waals surface area (Å²) >= 11 is 0. The molecule has 0 spiro atoms. The summed E-state index contributed by atoms with van der Waals surface area (Å²) in [5, 5.41) is 10.2. The highest BCUT2D eigenvalue weighted by atomic mass is 31.0. The number of carboxylic acid groups (broad SMARTS) is 1. The van der Waals surface area contributed by atoms with Crippen molar-refractivity contribution in [3.8, 4) is 0 Å². The monoisotopic (exact) mass is 421 g/mol. The van der Waals surface area contributed by atoms with Crippen molar-refractivity contribution in [1.29, 1.82) is 0 Å². The van der Waals surface area contributed by atoms with Gasteiger partial charge >= 0.3 is 15.1 Å². The van der Waals surface area contributed by atoms with E-state index in [0.717, 1.165) is 60.8 Å². The van der Waals surface area contributed by atoms with Gasteiger partial charge in [-0.25, -0.2) is 0 Å². The molecule has 0 heterocycles. The number of hydrogen-bond acceptors (Lipinski definition) is 3. The predicted octanol–water partition coefficient (Wildman–Crippen LogP) is 6.62. The first-order valence-corrected chi connectivity index (χ1v) is 11.3. The standard InChI is InChI=1S/C24H36O3.H2OP/c1-6-7-8-9-12-23(5,22(26)27)24(13-10-11-14-24)21(25)20-18(3)15-17(2)16-19(20)4;1-2/h15-16H,6-14H2,1-5H3,(H,26,27);2H2/q;+1. The van der Waals surface area contributed by atoms with E-state index in [0.29, 0.717) is 19.3 Å². The van der Waals surface area contributed by atoms with Crippen LogP contribution in [0.4, 0.5) is 0 Å². The molecule has 2 atom stereocenters. The molecule has 0 saturated heterocycles. The van der Waals surface area contributed by atoms with Crippen molar-refractivity contribution in [2.45, 2.75) is 92.4 Å². The number of carbonyl (C=O) groups is 2. The second kappa shape index (κ2) is 11.0. The third-order valence-corrected chi connectivity index (χ3v) is 6.85. The van der Waals surface area contributed by atoms with Gasteiger partial charge in [-0.2, -0.15) is 0 Å². The van der Waals surface area contributed by atoms with E-state index in [1.165, 1.54) is 9.12 Å². The highest BCUT2D eigenvalue weighted by molar-refractivity contribution is 7.00. The van der Waals surface area contributed by atoms with Crippen molar-refractivity contribution in [1.82, 2.24) is 0 Å². The lowest BCUT2D eigenvalue weighted by Crippen LogP contribution is -2.49. The minimum absolute atomic E-state index is 0.0652. The van der Waals surface area contributed by atoms with E-state index in [-0.39, 0.29) is 5.78 Å². The number of unbranched alkanes of at least 4 members (excludes halogenated alkanes) is 3. The summed E-state index contributed by atoms with van der Waals surface area (Å²) in [5.41, 5.74) is 2.06. The molecular formula is C24H38O4P+. The maximum absolute atomic E-state index is 13.9. The molecule has 0 aliphatic heterocycles. The van der Waals surface area contributed by atoms with Crippen LogP contribution in [-0.2, 0) is 9.36 Å². The number of Topliss-reactive ketones (excluding diaryl/α,β-unsaturated/α-hetero) is 1. The number of aliphatic carboxylic acids is 1. The lowest BCUT2D eigenvalue weighted by atomic mass is 9.57. The summed E-state index contributed by atoms with van der Waals surface area (Å²) < 4.78 is 8.17. The molecule has 1 fully saturated rings. The Hall–Kier alpha value is -1.54. The van der Waals surface area contributed by atoms with Crippen molar-refractivity contribution in [2.75, 3.05) is 0 Å². The Labute approximate surface area is 178 Å². The molecule has 29 heavy (non-hydrogen) atoms. The first kappa shape index (κ1) is 25.5. The zero-order chi connectivity index (χ0) is 22.2. The fraction of sp³-hybridized carbons (Fsp3) is 0.667. The predicted molar refractivity (Wildman–Crippen MR) is 121 cm³/mol. The van der Waals surface area contributed by atoms with Crippen molar-refractivity contribution in [3.05, 3.63) is 34.4 Å². The molecule has 0 radical (unpaired) electrons. The van der Waals surface area contributed by atoms with E-state index < -0.39 is 16.8 Å². The summed E-state index contributed by atoms with van der Waals surface area (Å²) in [5.74, 6) is -0.743. The Morgan fingerprint density at radius 3 is 2.00 bits per heavy atom. The Morgan fingerprint density at radius 1 is 1.03 bits per heavy atom. The van der Waals surface area contributed by atoms with Gasteiger partial charge in [0.05, 0.1) is 5.41 Å². The van der Waals surface area contributed by atoms with Crippen LogP contribution in [0, 0.1) is 31.6 Å². The van der Waals surface area contributed by atoms with Crippen LogP contribution in [0.1, 0.15) is 98.7 Å². The maximum atomic E-state index is 13.9. The van der Waals surface area contributed by atoms with Gasteiger partial charge in [0.25, 0.3) is 0 Å². The van der Waals surface area contributed by atoms with Gasteiger partial charge in [0.2, 0.25) is 0 Å². The van der Waals surface area contributed by atoms with Crippen LogP contribution < -0.4 is 0 Å². The van der Waals surface area contributed by atoms with E-state index >= 15 is 0 Å². The number of carboxylic acids is 1. The Kier molecular flexibility index (Phi) is 9.68. The quantitative estimate of drug-likeness (QED) is 0.276. The third kappa shape index (κ3) is 5.15. The van der Waals surface area contributed by atoms with Gasteiger partial charge in [0.15, 0.2) is 5.78 Å². The second-order valence-electron chi connectivity index (χ2n) is 8.84. The molecule has 4 nitrogen and oxygen atoms in total. The number of rotatable bonds is 9. The lowest BCUT2D eigenvalue weighted by molar-refractivity contribution is -0.155. The molecule has 2 rings (SSSR count). The van der Waals surface area contributed by atoms with Crippen molar-refractivity contribution >= 4 is 20.9 Å². The topological polar surface area (TPSA) is 71.4 Å². The smallest absolute Gasteiger partial charge is 0.310 e. The SMILES string of the molecule is CCCCCCC(C)(C(=O)O)C1(C(=O)c2c(C)cc(C)cc2C)CCCC1.O=[PH2+]. The van der Waals surface area contributed by atoms with Gasteiger partial charge in [0.1, 0.15) is 0 Å². The summed E-state index contributed by atoms with van der Waals surface area (Å²) in [4.78, 5) is 26.4. The molecule has 1 aliphatic carbocycles. The van der Waals surface area contributed by atoms with Crippen molar-refractivity contribution < 1.29 is 19.3 Å². The highest BCUT2D eigenvalue weighted by Crippen LogP contribution is 2.56. The zero-order valence-electron chi connectivity index (χ0n) is 18.8. The molecule has 1 saturated carbocycles. The average Bonchev–Trinajstić information content (AvgIpc) is 3.17. The first-order valence-electron chi connectivity index (χ1n) is 10.8. The Balaban J connectivity index is 0.00000204. The van der Waals surface area contributed by atoms with Crippen LogP contribution in [0.15, 0.2) is 12.1 Å². The summed E-state index contributed by atoms with van der Waals surface area (Å²) in [6, 6.07) is 4.09. The highest BCUT2D eigenvalue weighted by Gasteiger charge is 2.58. The van der Waals surface area contributed by atoms with Crippen LogP contribution in [0.3, 0.4) is 0 Å². The van der Waals surface area contributed by atoms with Crippen LogP contribution in [0.5, 0.6) is 0 Å². The summed E-state index contributed by atoms with van der Waals surface area (Å²) in [6.45, 7) is 9.99. The molecule has 162 valence electrons. The third-order valence-electron chi connectivity index (χ3n) is 6.85. The van der Waals surface area contributed by atoms with Crippen molar-refractivity contribution in [2.24, 2.45) is 10.8 Å². The number of aryl methyl sites for hydroxylation is 3. The minimum Gasteiger partial charge on any atom is -0.481 e. The number of benzene rings is 1. The van der Waals surface area contributed by atoms with Crippen LogP contribution >= 0.6 is 9.12 Å². The van der Waals surface area contributed by atoms with Gasteiger partial charge in [-0.3, -0.25) is 9.59 Å². The Bertz CT molecular complexity index is 699. The number of ketones is 1. The molecule has 1 aromatic rings. The molecule has 1 aliphatic rings. The normalized spacial score (nSPS) is 17.1. The van der Waals surface area contributed by atoms with E-state index in [4.69, 9.17) is 4.57 Å². The van der Waals surface area contributed by atoms with E-state index in [1.807, 2.05) is 39.8 Å². The molecule has 0 aromatic heterocycles. The molecule has 0 amide bonds. The number of carbonyl (C=O) groups excluding carboxylic acids is 1. The minimum atomic E-state index is -1.00. The van der Waals surface area contributed by atoms with Crippen LogP contribution in [-0.4, -0.2) is 16.9 Å². The largest absolute Gasteiger partial charge is 0.481 e. The summed E-state index contributed by atoms with van der Waals surface area (Å²) in [7, 11) is 1.17. The fourth-order valence-electron chi connectivity index (χ4n) is 5.24. The molecule has 1 aromatic carbocycles. The molecular weight excluding hydrogens is 383 g/mol. The first-order chi connectivity index (χ1) is 13.7. The molecule has 0 bridgehead atoms. The van der Waals surface area contributed by atoms with Crippen LogP contribution in [0.2, 0.25) is 0 Å². The van der Waals surface area contributed by atoms with Gasteiger partial charge in [-0.15, -0.1) is 0 Å². The van der Waals surface area contributed by atoms with E-state index in [9.17, 15) is 14.7 Å².